The summed E-state index contributed by atoms with van der Waals surface area (Å²) in [6.45, 7) is 0.314. The second kappa shape index (κ2) is 9.10. The summed E-state index contributed by atoms with van der Waals surface area (Å²) >= 11 is 0. The van der Waals surface area contributed by atoms with E-state index in [0.29, 0.717) is 11.1 Å². The highest BCUT2D eigenvalue weighted by Gasteiger charge is 2.20. The summed E-state index contributed by atoms with van der Waals surface area (Å²) in [6, 6.07) is 19.1. The summed E-state index contributed by atoms with van der Waals surface area (Å²) in [4.78, 5) is 25.5. The van der Waals surface area contributed by atoms with Crippen LogP contribution in [-0.2, 0) is 11.3 Å². The number of amides is 2. The number of nitrogens with zero attached hydrogens (tertiary/aromatic N) is 1. The van der Waals surface area contributed by atoms with E-state index in [0.717, 1.165) is 5.56 Å². The highest BCUT2D eigenvalue weighted by molar-refractivity contribution is 5.95. The fourth-order valence-corrected chi connectivity index (χ4v) is 2.98. The lowest BCUT2D eigenvalue weighted by molar-refractivity contribution is -0.118. The Balaban J connectivity index is 1.85. The molecule has 0 saturated heterocycles. The van der Waals surface area contributed by atoms with Crippen molar-refractivity contribution < 1.29 is 18.4 Å². The molecular formula is C23H20F2N2O2. The van der Waals surface area contributed by atoms with E-state index in [9.17, 15) is 18.4 Å². The van der Waals surface area contributed by atoms with Crippen molar-refractivity contribution >= 4 is 11.8 Å². The van der Waals surface area contributed by atoms with Crippen LogP contribution in [0.5, 0.6) is 0 Å². The minimum atomic E-state index is -0.686. The smallest absolute Gasteiger partial charge is 0.257 e. The number of nitrogens with two attached hydrogens (primary N) is 1. The molecule has 0 atom stereocenters. The molecule has 3 aromatic rings. The van der Waals surface area contributed by atoms with E-state index >= 15 is 0 Å². The van der Waals surface area contributed by atoms with E-state index in [2.05, 4.69) is 0 Å². The van der Waals surface area contributed by atoms with Gasteiger partial charge < -0.3 is 10.6 Å². The van der Waals surface area contributed by atoms with Crippen molar-refractivity contribution in [3.8, 4) is 11.1 Å². The van der Waals surface area contributed by atoms with Gasteiger partial charge in [-0.05, 0) is 41.0 Å². The SMILES string of the molecule is NC(=O)CCN(Cc1ccccc1)C(=O)c1ccc(-c2ccc(F)cc2)cc1F. The fourth-order valence-electron chi connectivity index (χ4n) is 2.98. The van der Waals surface area contributed by atoms with Crippen molar-refractivity contribution in [3.63, 3.8) is 0 Å². The first-order valence-corrected chi connectivity index (χ1v) is 9.11. The highest BCUT2D eigenvalue weighted by atomic mass is 19.1. The van der Waals surface area contributed by atoms with Crippen LogP contribution in [0.15, 0.2) is 72.8 Å². The van der Waals surface area contributed by atoms with Gasteiger partial charge in [0.1, 0.15) is 11.6 Å². The average molecular weight is 394 g/mol. The van der Waals surface area contributed by atoms with E-state index in [1.807, 2.05) is 30.3 Å². The summed E-state index contributed by atoms with van der Waals surface area (Å²) < 4.78 is 27.8. The van der Waals surface area contributed by atoms with Crippen LogP contribution in [0.4, 0.5) is 8.78 Å². The predicted octanol–water partition coefficient (Wildman–Crippen LogP) is 4.15. The van der Waals surface area contributed by atoms with Crippen LogP contribution in [0, 0.1) is 11.6 Å². The molecule has 0 saturated carbocycles. The summed E-state index contributed by atoms with van der Waals surface area (Å²) in [5, 5.41) is 0. The van der Waals surface area contributed by atoms with Crippen LogP contribution in [0.1, 0.15) is 22.3 Å². The van der Waals surface area contributed by atoms with Gasteiger partial charge >= 0.3 is 0 Å². The summed E-state index contributed by atoms with van der Waals surface area (Å²) in [6.07, 6.45) is -0.0200. The molecule has 3 aromatic carbocycles. The van der Waals surface area contributed by atoms with Crippen LogP contribution in [0.25, 0.3) is 11.1 Å². The standard InChI is InChI=1S/C23H20F2N2O2/c24-19-9-6-17(7-10-19)18-8-11-20(21(25)14-18)23(29)27(13-12-22(26)28)15-16-4-2-1-3-5-16/h1-11,14H,12-13,15H2,(H2,26,28). The molecule has 0 aliphatic carbocycles. The van der Waals surface area contributed by atoms with E-state index < -0.39 is 17.6 Å². The first kappa shape index (κ1) is 20.2. The molecule has 148 valence electrons. The topological polar surface area (TPSA) is 63.4 Å². The molecule has 0 fully saturated rings. The molecule has 4 nitrogen and oxygen atoms in total. The number of hydrogen-bond acceptors (Lipinski definition) is 2. The monoisotopic (exact) mass is 394 g/mol. The van der Waals surface area contributed by atoms with Crippen molar-refractivity contribution in [2.24, 2.45) is 5.73 Å². The molecule has 2 N–H and O–H groups in total. The molecule has 0 aromatic heterocycles. The normalized spacial score (nSPS) is 10.6. The minimum Gasteiger partial charge on any atom is -0.370 e. The third kappa shape index (κ3) is 5.25. The van der Waals surface area contributed by atoms with Crippen LogP contribution in [0.2, 0.25) is 0 Å². The molecule has 0 unspecified atom stereocenters. The first-order chi connectivity index (χ1) is 13.9. The molecule has 0 aliphatic heterocycles. The Morgan fingerprint density at radius 1 is 0.862 bits per heavy atom. The average Bonchev–Trinajstić information content (AvgIpc) is 2.71. The molecule has 3 rings (SSSR count). The van der Waals surface area contributed by atoms with Crippen LogP contribution < -0.4 is 5.73 Å². The molecule has 2 amide bonds. The van der Waals surface area contributed by atoms with Crippen LogP contribution in [-0.4, -0.2) is 23.3 Å². The maximum absolute atomic E-state index is 14.8. The Morgan fingerprint density at radius 2 is 1.52 bits per heavy atom. The van der Waals surface area contributed by atoms with Crippen molar-refractivity contribution in [1.82, 2.24) is 4.90 Å². The Kier molecular flexibility index (Phi) is 6.34. The number of rotatable bonds is 7. The maximum atomic E-state index is 14.8. The Morgan fingerprint density at radius 3 is 2.14 bits per heavy atom. The van der Waals surface area contributed by atoms with E-state index in [1.165, 1.54) is 29.2 Å². The maximum Gasteiger partial charge on any atom is 0.257 e. The zero-order valence-corrected chi connectivity index (χ0v) is 15.6. The van der Waals surface area contributed by atoms with Gasteiger partial charge in [-0.25, -0.2) is 8.78 Å². The van der Waals surface area contributed by atoms with Gasteiger partial charge in [0.25, 0.3) is 5.91 Å². The second-order valence-electron chi connectivity index (χ2n) is 6.63. The van der Waals surface area contributed by atoms with Gasteiger partial charge in [-0.15, -0.1) is 0 Å². The van der Waals surface area contributed by atoms with Gasteiger partial charge in [-0.2, -0.15) is 0 Å². The Hall–Kier alpha value is -3.54. The van der Waals surface area contributed by atoms with Gasteiger partial charge in [-0.1, -0.05) is 48.5 Å². The van der Waals surface area contributed by atoms with E-state index in [-0.39, 0.29) is 30.9 Å². The lowest BCUT2D eigenvalue weighted by Crippen LogP contribution is -2.34. The predicted molar refractivity (Wildman–Crippen MR) is 107 cm³/mol. The number of benzene rings is 3. The van der Waals surface area contributed by atoms with Crippen molar-refractivity contribution in [3.05, 3.63) is 95.6 Å². The van der Waals surface area contributed by atoms with Gasteiger partial charge in [0.15, 0.2) is 0 Å². The van der Waals surface area contributed by atoms with E-state index in [4.69, 9.17) is 5.73 Å². The summed E-state index contributed by atoms with van der Waals surface area (Å²) in [7, 11) is 0. The lowest BCUT2D eigenvalue weighted by Gasteiger charge is -2.23. The van der Waals surface area contributed by atoms with Gasteiger partial charge in [0, 0.05) is 19.5 Å². The second-order valence-corrected chi connectivity index (χ2v) is 6.63. The zero-order chi connectivity index (χ0) is 20.8. The Bertz CT molecular complexity index is 1010. The number of hydrogen-bond donors (Lipinski definition) is 1. The quantitative estimate of drug-likeness (QED) is 0.654. The van der Waals surface area contributed by atoms with Crippen LogP contribution in [0.3, 0.4) is 0 Å². The number of halogens is 2. The Labute approximate surface area is 167 Å². The van der Waals surface area contributed by atoms with Gasteiger partial charge in [-0.3, -0.25) is 9.59 Å². The van der Waals surface area contributed by atoms with Crippen molar-refractivity contribution in [1.29, 1.82) is 0 Å². The molecule has 0 bridgehead atoms. The summed E-state index contributed by atoms with van der Waals surface area (Å²) in [5.74, 6) is -2.14. The molecule has 0 radical (unpaired) electrons. The number of carbonyl (C=O) groups excluding carboxylic acids is 2. The number of primary amides is 1. The third-order valence-corrected chi connectivity index (χ3v) is 4.51. The van der Waals surface area contributed by atoms with Gasteiger partial charge in [0.2, 0.25) is 5.91 Å². The molecule has 0 aliphatic rings. The van der Waals surface area contributed by atoms with Crippen LogP contribution >= 0.6 is 0 Å². The zero-order valence-electron chi connectivity index (χ0n) is 15.6. The first-order valence-electron chi connectivity index (χ1n) is 9.11. The highest BCUT2D eigenvalue weighted by Crippen LogP contribution is 2.23. The molecule has 6 heteroatoms. The molecule has 29 heavy (non-hydrogen) atoms. The van der Waals surface area contributed by atoms with Crippen molar-refractivity contribution in [2.75, 3.05) is 6.54 Å². The van der Waals surface area contributed by atoms with Gasteiger partial charge in [0.05, 0.1) is 5.56 Å². The molecule has 0 spiro atoms. The fraction of sp³-hybridized carbons (Fsp3) is 0.130. The largest absolute Gasteiger partial charge is 0.370 e. The minimum absolute atomic E-state index is 0.0200. The number of carbonyl (C=O) groups is 2. The third-order valence-electron chi connectivity index (χ3n) is 4.51. The van der Waals surface area contributed by atoms with Crippen molar-refractivity contribution in [2.45, 2.75) is 13.0 Å². The van der Waals surface area contributed by atoms with E-state index in [1.54, 1.807) is 18.2 Å². The summed E-state index contributed by atoms with van der Waals surface area (Å²) in [5.41, 5.74) is 7.15. The molecule has 0 heterocycles. The lowest BCUT2D eigenvalue weighted by atomic mass is 10.0. The molecular weight excluding hydrogens is 374 g/mol.